The Kier molecular flexibility index (Phi) is 4.09. The van der Waals surface area contributed by atoms with E-state index in [1.165, 1.54) is 18.2 Å². The van der Waals surface area contributed by atoms with Crippen molar-refractivity contribution in [3.63, 3.8) is 0 Å². The van der Waals surface area contributed by atoms with Gasteiger partial charge in [-0.1, -0.05) is 6.07 Å². The van der Waals surface area contributed by atoms with E-state index in [2.05, 4.69) is 5.32 Å². The molecule has 2 rings (SSSR count). The molecule has 1 saturated heterocycles. The van der Waals surface area contributed by atoms with E-state index in [9.17, 15) is 14.7 Å². The lowest BCUT2D eigenvalue weighted by atomic mass is 10.1. The molecule has 0 aliphatic carbocycles. The number of carboxylic acid groups (broad SMARTS) is 1. The molecule has 2 amide bonds. The lowest BCUT2D eigenvalue weighted by molar-refractivity contribution is -0.00139. The number of aromatic carboxylic acids is 1. The molecule has 7 nitrogen and oxygen atoms in total. The van der Waals surface area contributed by atoms with Gasteiger partial charge in [-0.25, -0.2) is 9.59 Å². The van der Waals surface area contributed by atoms with Gasteiger partial charge in [-0.2, -0.15) is 0 Å². The number of para-hydroxylation sites is 1. The third kappa shape index (κ3) is 3.00. The van der Waals surface area contributed by atoms with Gasteiger partial charge in [-0.05, 0) is 19.1 Å². The van der Waals surface area contributed by atoms with Gasteiger partial charge in [0, 0.05) is 13.1 Å². The first kappa shape index (κ1) is 14.1. The van der Waals surface area contributed by atoms with Gasteiger partial charge in [0.1, 0.15) is 5.56 Å². The lowest BCUT2D eigenvalue weighted by Crippen LogP contribution is -2.46. The second kappa shape index (κ2) is 5.79. The number of carbonyl (C=O) groups excluding carboxylic acids is 1. The summed E-state index contributed by atoms with van der Waals surface area (Å²) in [4.78, 5) is 24.5. The van der Waals surface area contributed by atoms with Crippen molar-refractivity contribution in [1.29, 1.82) is 0 Å². The number of phenols is 1. The number of morpholine rings is 1. The third-order valence-electron chi connectivity index (χ3n) is 3.04. The molecule has 0 saturated carbocycles. The Morgan fingerprint density at radius 3 is 2.85 bits per heavy atom. The molecule has 0 spiro atoms. The average Bonchev–Trinajstić information content (AvgIpc) is 2.40. The number of anilines is 1. The van der Waals surface area contributed by atoms with Crippen LogP contribution in [0.5, 0.6) is 5.75 Å². The molecule has 20 heavy (non-hydrogen) atoms. The number of hydrogen-bond donors (Lipinski definition) is 3. The summed E-state index contributed by atoms with van der Waals surface area (Å²) in [6, 6.07) is 3.78. The van der Waals surface area contributed by atoms with Crippen molar-refractivity contribution in [3.8, 4) is 5.75 Å². The van der Waals surface area contributed by atoms with Gasteiger partial charge < -0.3 is 25.2 Å². The lowest BCUT2D eigenvalue weighted by Gasteiger charge is -2.31. The number of aromatic hydroxyl groups is 1. The topological polar surface area (TPSA) is 99.1 Å². The van der Waals surface area contributed by atoms with Crippen LogP contribution in [0.1, 0.15) is 17.3 Å². The molecule has 1 fully saturated rings. The molecule has 0 bridgehead atoms. The molecule has 1 aliphatic rings. The molecule has 1 aromatic carbocycles. The molecule has 0 radical (unpaired) electrons. The van der Waals surface area contributed by atoms with Crippen molar-refractivity contribution in [2.24, 2.45) is 0 Å². The van der Waals surface area contributed by atoms with Gasteiger partial charge in [-0.3, -0.25) is 0 Å². The monoisotopic (exact) mass is 280 g/mol. The van der Waals surface area contributed by atoms with E-state index in [-0.39, 0.29) is 17.4 Å². The van der Waals surface area contributed by atoms with Crippen molar-refractivity contribution < 1.29 is 24.5 Å². The zero-order chi connectivity index (χ0) is 14.7. The molecule has 0 aromatic heterocycles. The minimum absolute atomic E-state index is 0.0477. The molecule has 1 heterocycles. The second-order valence-electron chi connectivity index (χ2n) is 4.56. The van der Waals surface area contributed by atoms with E-state index < -0.39 is 17.7 Å². The van der Waals surface area contributed by atoms with Crippen LogP contribution in [0, 0.1) is 0 Å². The number of carbonyl (C=O) groups is 2. The van der Waals surface area contributed by atoms with Crippen molar-refractivity contribution >= 4 is 17.7 Å². The van der Waals surface area contributed by atoms with Gasteiger partial charge in [0.25, 0.3) is 0 Å². The summed E-state index contributed by atoms with van der Waals surface area (Å²) < 4.78 is 5.33. The first-order valence-corrected chi connectivity index (χ1v) is 6.22. The van der Waals surface area contributed by atoms with Crippen LogP contribution in [0.3, 0.4) is 0 Å². The average molecular weight is 280 g/mol. The first-order valence-electron chi connectivity index (χ1n) is 6.22. The van der Waals surface area contributed by atoms with Crippen molar-refractivity contribution in [2.45, 2.75) is 13.0 Å². The van der Waals surface area contributed by atoms with E-state index in [0.717, 1.165) is 0 Å². The number of nitrogens with zero attached hydrogens (tertiary/aromatic N) is 1. The Morgan fingerprint density at radius 2 is 2.20 bits per heavy atom. The zero-order valence-electron chi connectivity index (χ0n) is 11.0. The maximum absolute atomic E-state index is 12.0. The normalized spacial score (nSPS) is 18.6. The Bertz CT molecular complexity index is 531. The fourth-order valence-electron chi connectivity index (χ4n) is 2.01. The first-order chi connectivity index (χ1) is 9.49. The summed E-state index contributed by atoms with van der Waals surface area (Å²) in [7, 11) is 0. The van der Waals surface area contributed by atoms with Crippen molar-refractivity contribution in [2.75, 3.05) is 25.0 Å². The van der Waals surface area contributed by atoms with E-state index in [0.29, 0.717) is 19.7 Å². The van der Waals surface area contributed by atoms with Crippen LogP contribution < -0.4 is 5.32 Å². The number of ether oxygens (including phenoxy) is 1. The highest BCUT2D eigenvalue weighted by Gasteiger charge is 2.22. The number of urea groups is 1. The Balaban J connectivity index is 2.11. The quantitative estimate of drug-likeness (QED) is 0.710. The fraction of sp³-hybridized carbons (Fsp3) is 0.385. The van der Waals surface area contributed by atoms with E-state index in [1.54, 1.807) is 4.90 Å². The van der Waals surface area contributed by atoms with Gasteiger partial charge in [0.15, 0.2) is 5.75 Å². The van der Waals surface area contributed by atoms with Crippen LogP contribution in [0.15, 0.2) is 18.2 Å². The molecular weight excluding hydrogens is 264 g/mol. The smallest absolute Gasteiger partial charge is 0.339 e. The van der Waals surface area contributed by atoms with Crippen molar-refractivity contribution in [3.05, 3.63) is 23.8 Å². The van der Waals surface area contributed by atoms with E-state index in [4.69, 9.17) is 9.84 Å². The molecule has 1 aliphatic heterocycles. The number of benzene rings is 1. The zero-order valence-corrected chi connectivity index (χ0v) is 11.0. The third-order valence-corrected chi connectivity index (χ3v) is 3.04. The highest BCUT2D eigenvalue weighted by atomic mass is 16.5. The highest BCUT2D eigenvalue weighted by molar-refractivity contribution is 5.97. The van der Waals surface area contributed by atoms with Crippen LogP contribution in [0.4, 0.5) is 10.5 Å². The summed E-state index contributed by atoms with van der Waals surface area (Å²) in [6.45, 7) is 3.22. The fourth-order valence-corrected chi connectivity index (χ4v) is 2.01. The second-order valence-corrected chi connectivity index (χ2v) is 4.56. The minimum Gasteiger partial charge on any atom is -0.505 e. The molecule has 1 atom stereocenters. The standard InChI is InChI=1S/C13H16N2O5/c1-8-7-15(5-6-20-8)13(19)14-10-4-2-3-9(11(10)16)12(17)18/h2-4,8,16H,5-7H2,1H3,(H,14,19)(H,17,18). The molecular formula is C13H16N2O5. The van der Waals surface area contributed by atoms with Crippen molar-refractivity contribution in [1.82, 2.24) is 4.90 Å². The largest absolute Gasteiger partial charge is 0.505 e. The maximum atomic E-state index is 12.0. The van der Waals surface area contributed by atoms with Crippen LogP contribution >= 0.6 is 0 Å². The molecule has 108 valence electrons. The van der Waals surface area contributed by atoms with Crippen LogP contribution in [-0.4, -0.2) is 52.9 Å². The molecule has 1 unspecified atom stereocenters. The van der Waals surface area contributed by atoms with Crippen LogP contribution in [0.2, 0.25) is 0 Å². The maximum Gasteiger partial charge on any atom is 0.339 e. The predicted molar refractivity (Wildman–Crippen MR) is 71.1 cm³/mol. The number of carboxylic acids is 1. The highest BCUT2D eigenvalue weighted by Crippen LogP contribution is 2.27. The molecule has 3 N–H and O–H groups in total. The van der Waals surface area contributed by atoms with Gasteiger partial charge in [0.2, 0.25) is 0 Å². The summed E-state index contributed by atoms with van der Waals surface area (Å²) in [5.41, 5.74) is -0.174. The van der Waals surface area contributed by atoms with Gasteiger partial charge in [0.05, 0.1) is 18.4 Å². The predicted octanol–water partition coefficient (Wildman–Crippen LogP) is 1.34. The Labute approximate surface area is 115 Å². The van der Waals surface area contributed by atoms with E-state index in [1.807, 2.05) is 6.92 Å². The number of rotatable bonds is 2. The summed E-state index contributed by atoms with van der Waals surface area (Å²) in [6.07, 6.45) is -0.0477. The summed E-state index contributed by atoms with van der Waals surface area (Å²) in [5, 5.41) is 21.2. The SMILES string of the molecule is CC1CN(C(=O)Nc2cccc(C(=O)O)c2O)CCO1. The Morgan fingerprint density at radius 1 is 1.45 bits per heavy atom. The van der Waals surface area contributed by atoms with Crippen LogP contribution in [0.25, 0.3) is 0 Å². The molecule has 7 heteroatoms. The summed E-state index contributed by atoms with van der Waals surface area (Å²) >= 11 is 0. The number of hydrogen-bond acceptors (Lipinski definition) is 4. The van der Waals surface area contributed by atoms with Gasteiger partial charge >= 0.3 is 12.0 Å². The minimum atomic E-state index is -1.25. The van der Waals surface area contributed by atoms with Crippen LogP contribution in [-0.2, 0) is 4.74 Å². The van der Waals surface area contributed by atoms with E-state index >= 15 is 0 Å². The number of amides is 2. The summed E-state index contributed by atoms with van der Waals surface area (Å²) in [5.74, 6) is -1.70. The number of nitrogens with one attached hydrogen (secondary N) is 1. The Hall–Kier alpha value is -2.28. The molecule has 1 aromatic rings. The van der Waals surface area contributed by atoms with Gasteiger partial charge in [-0.15, -0.1) is 0 Å².